The van der Waals surface area contributed by atoms with Crippen LogP contribution in [0.2, 0.25) is 0 Å². The van der Waals surface area contributed by atoms with E-state index in [2.05, 4.69) is 4.89 Å². The maximum Gasteiger partial charge on any atom is 0.334 e. The smallest absolute Gasteiger partial charge is 0.334 e. The van der Waals surface area contributed by atoms with Crippen LogP contribution in [0.1, 0.15) is 59.8 Å². The third kappa shape index (κ3) is 4.81. The van der Waals surface area contributed by atoms with E-state index in [1.807, 2.05) is 32.1 Å². The molecule has 5 heteroatoms. The fraction of sp³-hybridized carbons (Fsp3) is 0.650. The number of allylic oxidation sites excluding steroid dienone is 1. The molecular formula is C20H30O5. The standard InChI is InChI=1S/C20H30O5/c1-15(2)20-12-8-16(17(21)24-20)7-5-10-19(4,25-23)11-6-9-18(3,22)13-14-20/h6-7,11,13-15,22-23H,5,8-10,12H2,1-4H3/b11-6+,14-13+,16-7+/t18-,19+,20-/m0/s1. The van der Waals surface area contributed by atoms with Crippen molar-refractivity contribution in [2.45, 2.75) is 76.6 Å². The van der Waals surface area contributed by atoms with Crippen molar-refractivity contribution in [2.75, 3.05) is 0 Å². The third-order valence-electron chi connectivity index (χ3n) is 5.27. The molecule has 0 aromatic carbocycles. The average Bonchev–Trinajstić information content (AvgIpc) is 2.54. The van der Waals surface area contributed by atoms with E-state index in [1.54, 1.807) is 26.0 Å². The second kappa shape index (κ2) is 7.44. The molecule has 0 aromatic rings. The Morgan fingerprint density at radius 3 is 2.52 bits per heavy atom. The number of ether oxygens (including phenoxy) is 1. The quantitative estimate of drug-likeness (QED) is 0.341. The Morgan fingerprint density at radius 2 is 1.92 bits per heavy atom. The van der Waals surface area contributed by atoms with E-state index in [9.17, 15) is 15.2 Å². The molecule has 2 aliphatic heterocycles. The molecule has 2 bridgehead atoms. The molecule has 2 heterocycles. The van der Waals surface area contributed by atoms with Gasteiger partial charge >= 0.3 is 5.97 Å². The Balaban J connectivity index is 2.40. The topological polar surface area (TPSA) is 76.0 Å². The van der Waals surface area contributed by atoms with Crippen molar-refractivity contribution in [3.8, 4) is 0 Å². The van der Waals surface area contributed by atoms with Gasteiger partial charge in [0.05, 0.1) is 5.60 Å². The van der Waals surface area contributed by atoms with Gasteiger partial charge in [-0.05, 0) is 57.9 Å². The van der Waals surface area contributed by atoms with E-state index in [4.69, 9.17) is 4.74 Å². The summed E-state index contributed by atoms with van der Waals surface area (Å²) in [6.45, 7) is 7.52. The van der Waals surface area contributed by atoms with Gasteiger partial charge in [-0.25, -0.2) is 9.68 Å². The van der Waals surface area contributed by atoms with E-state index in [-0.39, 0.29) is 11.9 Å². The van der Waals surface area contributed by atoms with Gasteiger partial charge in [-0.2, -0.15) is 0 Å². The summed E-state index contributed by atoms with van der Waals surface area (Å²) in [5.41, 5.74) is -1.96. The molecule has 0 radical (unpaired) electrons. The van der Waals surface area contributed by atoms with E-state index in [0.717, 1.165) is 0 Å². The van der Waals surface area contributed by atoms with Crippen LogP contribution in [0.25, 0.3) is 0 Å². The molecule has 0 amide bonds. The van der Waals surface area contributed by atoms with E-state index in [0.29, 0.717) is 37.7 Å². The summed E-state index contributed by atoms with van der Waals surface area (Å²) in [6.07, 6.45) is 11.8. The van der Waals surface area contributed by atoms with Crippen LogP contribution in [-0.2, 0) is 14.4 Å². The van der Waals surface area contributed by atoms with Gasteiger partial charge in [-0.1, -0.05) is 38.2 Å². The average molecular weight is 350 g/mol. The van der Waals surface area contributed by atoms with Gasteiger partial charge in [-0.15, -0.1) is 0 Å². The number of carbonyl (C=O) groups excluding carboxylic acids is 1. The van der Waals surface area contributed by atoms with Crippen molar-refractivity contribution in [1.82, 2.24) is 0 Å². The number of hydrogen-bond donors (Lipinski definition) is 2. The van der Waals surface area contributed by atoms with Crippen LogP contribution in [0.4, 0.5) is 0 Å². The van der Waals surface area contributed by atoms with Gasteiger partial charge in [0.25, 0.3) is 0 Å². The van der Waals surface area contributed by atoms with Crippen molar-refractivity contribution in [3.05, 3.63) is 36.0 Å². The van der Waals surface area contributed by atoms with Crippen LogP contribution in [0.3, 0.4) is 0 Å². The number of esters is 1. The predicted octanol–water partition coefficient (Wildman–Crippen LogP) is 3.94. The fourth-order valence-electron chi connectivity index (χ4n) is 3.25. The molecule has 3 rings (SSSR count). The summed E-state index contributed by atoms with van der Waals surface area (Å²) in [7, 11) is 0. The molecule has 140 valence electrons. The molecule has 5 nitrogen and oxygen atoms in total. The number of aliphatic hydroxyl groups is 1. The number of hydrogen-bond acceptors (Lipinski definition) is 5. The van der Waals surface area contributed by atoms with E-state index >= 15 is 0 Å². The second-order valence-electron chi connectivity index (χ2n) is 7.97. The van der Waals surface area contributed by atoms with Crippen LogP contribution in [0, 0.1) is 5.92 Å². The SMILES string of the molecule is CC(C)[C@@]12/C=C/[C@@](C)(O)C/C=C/[C@](C)(OO)CC/C=C(\CC1)C(=O)O2. The van der Waals surface area contributed by atoms with Gasteiger partial charge in [-0.3, -0.25) is 5.26 Å². The Hall–Kier alpha value is -1.43. The van der Waals surface area contributed by atoms with Gasteiger partial charge in [0.15, 0.2) is 0 Å². The molecule has 25 heavy (non-hydrogen) atoms. The van der Waals surface area contributed by atoms with Gasteiger partial charge in [0.1, 0.15) is 11.2 Å². The van der Waals surface area contributed by atoms with Crippen LogP contribution in [0.5, 0.6) is 0 Å². The molecule has 0 aromatic heterocycles. The Bertz CT molecular complexity index is 587. The van der Waals surface area contributed by atoms with Crippen LogP contribution in [-0.4, -0.2) is 33.1 Å². The molecule has 3 aliphatic rings. The zero-order valence-corrected chi connectivity index (χ0v) is 15.6. The first kappa shape index (κ1) is 19.9. The summed E-state index contributed by atoms with van der Waals surface area (Å²) in [5, 5.41) is 19.8. The monoisotopic (exact) mass is 350 g/mol. The first-order valence-electron chi connectivity index (χ1n) is 8.97. The minimum Gasteiger partial charge on any atom is -0.451 e. The molecule has 1 saturated heterocycles. The molecule has 3 atom stereocenters. The fourth-order valence-corrected chi connectivity index (χ4v) is 3.25. The van der Waals surface area contributed by atoms with Gasteiger partial charge < -0.3 is 9.84 Å². The third-order valence-corrected chi connectivity index (χ3v) is 5.27. The highest BCUT2D eigenvalue weighted by Gasteiger charge is 2.40. The molecule has 0 unspecified atom stereocenters. The van der Waals surface area contributed by atoms with Crippen molar-refractivity contribution >= 4 is 5.97 Å². The van der Waals surface area contributed by atoms with Crippen molar-refractivity contribution in [2.24, 2.45) is 5.92 Å². The second-order valence-corrected chi connectivity index (χ2v) is 7.97. The Labute approximate surface area is 149 Å². The summed E-state index contributed by atoms with van der Waals surface area (Å²) in [5.74, 6) is -0.192. The minimum absolute atomic E-state index is 0.111. The lowest BCUT2D eigenvalue weighted by molar-refractivity contribution is -0.303. The number of carbonyl (C=O) groups is 1. The highest BCUT2D eigenvalue weighted by Crippen LogP contribution is 2.37. The van der Waals surface area contributed by atoms with Gasteiger partial charge in [0, 0.05) is 5.57 Å². The lowest BCUT2D eigenvalue weighted by Gasteiger charge is -2.39. The summed E-state index contributed by atoms with van der Waals surface area (Å²) in [6, 6.07) is 0. The molecule has 0 saturated carbocycles. The molecule has 1 aliphatic carbocycles. The van der Waals surface area contributed by atoms with E-state index < -0.39 is 16.8 Å². The normalized spacial score (nSPS) is 41.6. The van der Waals surface area contributed by atoms with Crippen LogP contribution in [0.15, 0.2) is 36.0 Å². The van der Waals surface area contributed by atoms with Crippen molar-refractivity contribution < 1.29 is 24.8 Å². The molecule has 2 N–H and O–H groups in total. The lowest BCUT2D eigenvalue weighted by Crippen LogP contribution is -2.43. The summed E-state index contributed by atoms with van der Waals surface area (Å²) >= 11 is 0. The zero-order chi connectivity index (χ0) is 18.7. The number of fused-ring (bicyclic) bond motifs is 9. The first-order valence-corrected chi connectivity index (χ1v) is 8.97. The first-order chi connectivity index (χ1) is 11.6. The minimum atomic E-state index is -1.08. The highest BCUT2D eigenvalue weighted by atomic mass is 17.1. The Kier molecular flexibility index (Phi) is 5.92. The van der Waals surface area contributed by atoms with Gasteiger partial charge in [0.2, 0.25) is 0 Å². The maximum absolute atomic E-state index is 12.5. The Morgan fingerprint density at radius 1 is 1.20 bits per heavy atom. The summed E-state index contributed by atoms with van der Waals surface area (Å²) in [4.78, 5) is 17.1. The molecule has 1 fully saturated rings. The summed E-state index contributed by atoms with van der Waals surface area (Å²) < 4.78 is 5.81. The highest BCUT2D eigenvalue weighted by molar-refractivity contribution is 5.89. The molecule has 0 spiro atoms. The molecular weight excluding hydrogens is 320 g/mol. The van der Waals surface area contributed by atoms with Crippen LogP contribution >= 0.6 is 0 Å². The largest absolute Gasteiger partial charge is 0.451 e. The lowest BCUT2D eigenvalue weighted by atomic mass is 9.80. The van der Waals surface area contributed by atoms with Crippen LogP contribution < -0.4 is 0 Å². The zero-order valence-electron chi connectivity index (χ0n) is 15.6. The predicted molar refractivity (Wildman–Crippen MR) is 95.9 cm³/mol. The van der Waals surface area contributed by atoms with Crippen molar-refractivity contribution in [3.63, 3.8) is 0 Å². The maximum atomic E-state index is 12.5. The van der Waals surface area contributed by atoms with E-state index in [1.165, 1.54) is 0 Å². The van der Waals surface area contributed by atoms with Crippen molar-refractivity contribution in [1.29, 1.82) is 0 Å². The number of rotatable bonds is 2.